The summed E-state index contributed by atoms with van der Waals surface area (Å²) in [5, 5.41) is 11.6. The highest BCUT2D eigenvalue weighted by atomic mass is 127. The molecule has 0 saturated heterocycles. The van der Waals surface area contributed by atoms with Gasteiger partial charge in [-0.25, -0.2) is 9.59 Å². The van der Waals surface area contributed by atoms with Crippen molar-refractivity contribution in [2.75, 3.05) is 6.54 Å². The first-order chi connectivity index (χ1) is 8.69. The summed E-state index contributed by atoms with van der Waals surface area (Å²) in [5.74, 6) is -0.986. The number of amides is 1. The van der Waals surface area contributed by atoms with Gasteiger partial charge in [0.05, 0.1) is 0 Å². The molecule has 0 bridgehead atoms. The van der Waals surface area contributed by atoms with Crippen molar-refractivity contribution < 1.29 is 19.4 Å². The molecule has 0 atom stereocenters. The van der Waals surface area contributed by atoms with Crippen LogP contribution < -0.4 is 5.32 Å². The van der Waals surface area contributed by atoms with Crippen LogP contribution in [-0.4, -0.2) is 33.9 Å². The van der Waals surface area contributed by atoms with E-state index in [-0.39, 0.29) is 5.69 Å². The Kier molecular flexibility index (Phi) is 5.21. The fourth-order valence-corrected chi connectivity index (χ4v) is 2.06. The highest BCUT2D eigenvalue weighted by Gasteiger charge is 2.16. The third-order valence-corrected chi connectivity index (χ3v) is 2.69. The minimum absolute atomic E-state index is 0.204. The predicted octanol–water partition coefficient (Wildman–Crippen LogP) is 2.32. The van der Waals surface area contributed by atoms with Gasteiger partial charge in [-0.1, -0.05) is 0 Å². The number of hydrogen-bond donors (Lipinski definition) is 2. The fraction of sp³-hybridized carbons (Fsp3) is 0.500. The van der Waals surface area contributed by atoms with Crippen LogP contribution in [0.25, 0.3) is 0 Å². The first kappa shape index (κ1) is 15.8. The maximum Gasteiger partial charge on any atom is 0.407 e. The van der Waals surface area contributed by atoms with E-state index in [1.54, 1.807) is 37.6 Å². The van der Waals surface area contributed by atoms with Crippen LogP contribution in [0.1, 0.15) is 31.3 Å². The molecule has 1 amide bonds. The van der Waals surface area contributed by atoms with E-state index in [1.807, 2.05) is 22.6 Å². The number of carbonyl (C=O) groups excluding carboxylic acids is 1. The van der Waals surface area contributed by atoms with E-state index in [2.05, 4.69) is 5.32 Å². The van der Waals surface area contributed by atoms with Crippen LogP contribution in [0, 0.1) is 3.57 Å². The second-order valence-corrected chi connectivity index (χ2v) is 6.22. The van der Waals surface area contributed by atoms with E-state index in [4.69, 9.17) is 9.84 Å². The standard InChI is InChI=1S/C12H17IN2O4/c1-12(2,3)19-11(18)14-4-5-15-7-8(13)6-9(15)10(16)17/h6-7H,4-5H2,1-3H3,(H,14,18)(H,16,17). The molecular formula is C12H17IN2O4. The van der Waals surface area contributed by atoms with Crippen LogP contribution in [0.15, 0.2) is 12.3 Å². The number of alkyl carbamates (subject to hydrolysis) is 1. The molecule has 6 nitrogen and oxygen atoms in total. The molecule has 0 aliphatic heterocycles. The van der Waals surface area contributed by atoms with Crippen molar-refractivity contribution in [3.63, 3.8) is 0 Å². The molecule has 1 heterocycles. The molecule has 1 rings (SSSR count). The Labute approximate surface area is 125 Å². The summed E-state index contributed by atoms with van der Waals surface area (Å²) in [6.07, 6.45) is 1.21. The maximum atomic E-state index is 11.4. The molecule has 1 aromatic rings. The number of ether oxygens (including phenoxy) is 1. The first-order valence-corrected chi connectivity index (χ1v) is 6.83. The number of halogens is 1. The average molecular weight is 380 g/mol. The molecule has 0 unspecified atom stereocenters. The predicted molar refractivity (Wildman–Crippen MR) is 78.3 cm³/mol. The van der Waals surface area contributed by atoms with Crippen molar-refractivity contribution in [3.8, 4) is 0 Å². The maximum absolute atomic E-state index is 11.4. The van der Waals surface area contributed by atoms with E-state index < -0.39 is 17.7 Å². The second-order valence-electron chi connectivity index (χ2n) is 4.97. The Balaban J connectivity index is 2.50. The highest BCUT2D eigenvalue weighted by Crippen LogP contribution is 2.11. The van der Waals surface area contributed by atoms with Crippen LogP contribution in [0.2, 0.25) is 0 Å². The van der Waals surface area contributed by atoms with Gasteiger partial charge in [0.2, 0.25) is 0 Å². The lowest BCUT2D eigenvalue weighted by Gasteiger charge is -2.19. The lowest BCUT2D eigenvalue weighted by Crippen LogP contribution is -2.34. The number of aromatic nitrogens is 1. The molecule has 0 aliphatic carbocycles. The molecule has 7 heteroatoms. The van der Waals surface area contributed by atoms with Gasteiger partial charge in [0.25, 0.3) is 0 Å². The quantitative estimate of drug-likeness (QED) is 0.786. The van der Waals surface area contributed by atoms with Crippen LogP contribution >= 0.6 is 22.6 Å². The number of rotatable bonds is 4. The van der Waals surface area contributed by atoms with E-state index in [9.17, 15) is 9.59 Å². The number of nitrogens with zero attached hydrogens (tertiary/aromatic N) is 1. The summed E-state index contributed by atoms with van der Waals surface area (Å²) in [6.45, 7) is 6.03. The van der Waals surface area contributed by atoms with E-state index in [1.165, 1.54) is 0 Å². The summed E-state index contributed by atoms with van der Waals surface area (Å²) in [7, 11) is 0. The summed E-state index contributed by atoms with van der Waals surface area (Å²) in [4.78, 5) is 22.4. The van der Waals surface area contributed by atoms with Gasteiger partial charge in [0.1, 0.15) is 11.3 Å². The molecule has 106 valence electrons. The van der Waals surface area contributed by atoms with Crippen molar-refractivity contribution in [1.29, 1.82) is 0 Å². The zero-order chi connectivity index (χ0) is 14.6. The molecule has 2 N–H and O–H groups in total. The Hall–Kier alpha value is -1.25. The minimum Gasteiger partial charge on any atom is -0.477 e. The largest absolute Gasteiger partial charge is 0.477 e. The Bertz CT molecular complexity index is 477. The van der Waals surface area contributed by atoms with Crippen molar-refractivity contribution in [2.24, 2.45) is 0 Å². The van der Waals surface area contributed by atoms with Gasteiger partial charge in [-0.05, 0) is 49.4 Å². The molecule has 0 spiro atoms. The number of aromatic carboxylic acids is 1. The number of carbonyl (C=O) groups is 2. The van der Waals surface area contributed by atoms with Crippen molar-refractivity contribution >= 4 is 34.7 Å². The molecule has 0 fully saturated rings. The summed E-state index contributed by atoms with van der Waals surface area (Å²) in [5.41, 5.74) is -0.338. The van der Waals surface area contributed by atoms with Gasteiger partial charge in [-0.3, -0.25) is 0 Å². The molecule has 0 aliphatic rings. The molecular weight excluding hydrogens is 363 g/mol. The van der Waals surface area contributed by atoms with Crippen LogP contribution in [0.5, 0.6) is 0 Å². The highest BCUT2D eigenvalue weighted by molar-refractivity contribution is 14.1. The van der Waals surface area contributed by atoms with Crippen LogP contribution in [-0.2, 0) is 11.3 Å². The number of carboxylic acids is 1. The molecule has 0 saturated carbocycles. The van der Waals surface area contributed by atoms with Gasteiger partial charge in [0.15, 0.2) is 0 Å². The van der Waals surface area contributed by atoms with Crippen molar-refractivity contribution in [3.05, 3.63) is 21.5 Å². The van der Waals surface area contributed by atoms with Gasteiger partial charge in [-0.15, -0.1) is 0 Å². The molecule has 0 aromatic carbocycles. The topological polar surface area (TPSA) is 80.6 Å². The number of hydrogen-bond acceptors (Lipinski definition) is 3. The molecule has 0 radical (unpaired) electrons. The van der Waals surface area contributed by atoms with Gasteiger partial charge >= 0.3 is 12.1 Å². The smallest absolute Gasteiger partial charge is 0.407 e. The average Bonchev–Trinajstić information content (AvgIpc) is 2.57. The Morgan fingerprint density at radius 2 is 2.11 bits per heavy atom. The van der Waals surface area contributed by atoms with Gasteiger partial charge in [0, 0.05) is 22.9 Å². The first-order valence-electron chi connectivity index (χ1n) is 5.75. The van der Waals surface area contributed by atoms with Crippen LogP contribution in [0.4, 0.5) is 4.79 Å². The lowest BCUT2D eigenvalue weighted by molar-refractivity contribution is 0.0526. The second kappa shape index (κ2) is 6.27. The number of nitrogens with one attached hydrogen (secondary N) is 1. The van der Waals surface area contributed by atoms with E-state index >= 15 is 0 Å². The number of carboxylic acid groups (broad SMARTS) is 1. The zero-order valence-electron chi connectivity index (χ0n) is 11.1. The SMILES string of the molecule is CC(C)(C)OC(=O)NCCn1cc(I)cc1C(=O)O. The molecule has 19 heavy (non-hydrogen) atoms. The third-order valence-electron chi connectivity index (χ3n) is 2.10. The third kappa shape index (κ3) is 5.50. The van der Waals surface area contributed by atoms with E-state index in [0.29, 0.717) is 13.1 Å². The lowest BCUT2D eigenvalue weighted by atomic mass is 10.2. The van der Waals surface area contributed by atoms with Crippen LogP contribution in [0.3, 0.4) is 0 Å². The molecule has 1 aromatic heterocycles. The normalized spacial score (nSPS) is 11.2. The van der Waals surface area contributed by atoms with Crippen molar-refractivity contribution in [1.82, 2.24) is 9.88 Å². The Morgan fingerprint density at radius 1 is 1.47 bits per heavy atom. The van der Waals surface area contributed by atoms with E-state index in [0.717, 1.165) is 3.57 Å². The van der Waals surface area contributed by atoms with Gasteiger partial charge in [-0.2, -0.15) is 0 Å². The zero-order valence-corrected chi connectivity index (χ0v) is 13.2. The summed E-state index contributed by atoms with van der Waals surface area (Å²) in [6, 6.07) is 1.58. The Morgan fingerprint density at radius 3 is 2.63 bits per heavy atom. The summed E-state index contributed by atoms with van der Waals surface area (Å²) < 4.78 is 7.51. The summed E-state index contributed by atoms with van der Waals surface area (Å²) >= 11 is 2.05. The monoisotopic (exact) mass is 380 g/mol. The van der Waals surface area contributed by atoms with Gasteiger partial charge < -0.3 is 19.7 Å². The fourth-order valence-electron chi connectivity index (χ4n) is 1.43. The minimum atomic E-state index is -0.986. The van der Waals surface area contributed by atoms with Crippen molar-refractivity contribution in [2.45, 2.75) is 32.9 Å².